The molecule has 3 rings (SSSR count). The molecule has 0 bridgehead atoms. The third kappa shape index (κ3) is 2.61. The van der Waals surface area contributed by atoms with E-state index in [1.54, 1.807) is 23.1 Å². The van der Waals surface area contributed by atoms with Crippen LogP contribution in [0, 0.1) is 0 Å². The van der Waals surface area contributed by atoms with E-state index in [1.165, 1.54) is 0 Å². The fraction of sp³-hybridized carbons (Fsp3) is 0. The van der Waals surface area contributed by atoms with Crippen molar-refractivity contribution in [2.24, 2.45) is 0 Å². The van der Waals surface area contributed by atoms with Crippen LogP contribution in [0.5, 0.6) is 0 Å². The molecule has 4 heteroatoms. The minimum absolute atomic E-state index is 0.800. The summed E-state index contributed by atoms with van der Waals surface area (Å²) in [5.41, 5.74) is 0. The highest BCUT2D eigenvalue weighted by Crippen LogP contribution is 2.40. The standard InChI is InChI=1S/C15H9BrOS2/c16-10-5-7-11(8-6-10)18-15-12-3-1-2-4-13(12)19-14(15)9-17/h1-9H. The summed E-state index contributed by atoms with van der Waals surface area (Å²) in [5, 5.41) is 1.16. The van der Waals surface area contributed by atoms with Crippen molar-refractivity contribution in [3.63, 3.8) is 0 Å². The number of benzene rings is 2. The van der Waals surface area contributed by atoms with Crippen LogP contribution in [0.3, 0.4) is 0 Å². The van der Waals surface area contributed by atoms with Gasteiger partial charge in [0.2, 0.25) is 0 Å². The highest BCUT2D eigenvalue weighted by atomic mass is 79.9. The van der Waals surface area contributed by atoms with Crippen LogP contribution in [0.25, 0.3) is 10.1 Å². The van der Waals surface area contributed by atoms with Crippen molar-refractivity contribution in [1.29, 1.82) is 0 Å². The number of halogens is 1. The van der Waals surface area contributed by atoms with E-state index in [-0.39, 0.29) is 0 Å². The predicted molar refractivity (Wildman–Crippen MR) is 85.5 cm³/mol. The molecule has 0 fully saturated rings. The molecule has 0 spiro atoms. The lowest BCUT2D eigenvalue weighted by molar-refractivity contribution is 0.112. The van der Waals surface area contributed by atoms with Gasteiger partial charge in [0.25, 0.3) is 0 Å². The average Bonchev–Trinajstić information content (AvgIpc) is 2.79. The van der Waals surface area contributed by atoms with Gasteiger partial charge in [0.05, 0.1) is 4.88 Å². The van der Waals surface area contributed by atoms with Gasteiger partial charge in [0.1, 0.15) is 0 Å². The van der Waals surface area contributed by atoms with Crippen molar-refractivity contribution < 1.29 is 4.79 Å². The molecular formula is C15H9BrOS2. The van der Waals surface area contributed by atoms with Crippen LogP contribution < -0.4 is 0 Å². The zero-order chi connectivity index (χ0) is 13.2. The Labute approximate surface area is 127 Å². The maximum absolute atomic E-state index is 11.2. The summed E-state index contributed by atoms with van der Waals surface area (Å²) in [7, 11) is 0. The molecule has 0 radical (unpaired) electrons. The Morgan fingerprint density at radius 2 is 1.79 bits per heavy atom. The Morgan fingerprint density at radius 1 is 1.05 bits per heavy atom. The van der Waals surface area contributed by atoms with Gasteiger partial charge in [-0.05, 0) is 30.3 Å². The van der Waals surface area contributed by atoms with Crippen LogP contribution in [-0.4, -0.2) is 6.29 Å². The molecular weight excluding hydrogens is 340 g/mol. The number of hydrogen-bond acceptors (Lipinski definition) is 3. The number of thiophene rings is 1. The highest BCUT2D eigenvalue weighted by Gasteiger charge is 2.12. The summed E-state index contributed by atoms with van der Waals surface area (Å²) in [6, 6.07) is 16.3. The molecule has 0 aliphatic heterocycles. The van der Waals surface area contributed by atoms with Crippen molar-refractivity contribution in [2.45, 2.75) is 9.79 Å². The Morgan fingerprint density at radius 3 is 2.53 bits per heavy atom. The second-order valence-corrected chi connectivity index (χ2v) is 7.05. The van der Waals surface area contributed by atoms with Crippen LogP contribution in [0.4, 0.5) is 0 Å². The highest BCUT2D eigenvalue weighted by molar-refractivity contribution is 9.10. The van der Waals surface area contributed by atoms with Crippen LogP contribution in [0.2, 0.25) is 0 Å². The first-order valence-corrected chi connectivity index (χ1v) is 8.10. The van der Waals surface area contributed by atoms with Crippen molar-refractivity contribution in [3.05, 3.63) is 57.9 Å². The molecule has 0 saturated heterocycles. The van der Waals surface area contributed by atoms with Crippen LogP contribution >= 0.6 is 39.0 Å². The molecule has 3 aromatic rings. The Kier molecular flexibility index (Phi) is 3.73. The van der Waals surface area contributed by atoms with E-state index in [4.69, 9.17) is 0 Å². The van der Waals surface area contributed by atoms with Crippen LogP contribution in [-0.2, 0) is 0 Å². The topological polar surface area (TPSA) is 17.1 Å². The Bertz CT molecular complexity index is 731. The van der Waals surface area contributed by atoms with E-state index in [9.17, 15) is 4.79 Å². The van der Waals surface area contributed by atoms with Crippen molar-refractivity contribution >= 4 is 55.4 Å². The lowest BCUT2D eigenvalue weighted by Gasteiger charge is -2.01. The Balaban J connectivity index is 2.08. The first-order valence-electron chi connectivity index (χ1n) is 5.68. The zero-order valence-corrected chi connectivity index (χ0v) is 13.0. The number of carbonyl (C=O) groups excluding carboxylic acids is 1. The quantitative estimate of drug-likeness (QED) is 0.570. The lowest BCUT2D eigenvalue weighted by Crippen LogP contribution is -1.78. The summed E-state index contributed by atoms with van der Waals surface area (Å²) in [6.45, 7) is 0. The van der Waals surface area contributed by atoms with E-state index in [0.717, 1.165) is 35.5 Å². The molecule has 1 aromatic heterocycles. The summed E-state index contributed by atoms with van der Waals surface area (Å²) in [4.78, 5) is 14.2. The van der Waals surface area contributed by atoms with E-state index >= 15 is 0 Å². The molecule has 0 aliphatic rings. The molecule has 0 atom stereocenters. The first kappa shape index (κ1) is 12.9. The van der Waals surface area contributed by atoms with Gasteiger partial charge in [-0.2, -0.15) is 0 Å². The average molecular weight is 349 g/mol. The van der Waals surface area contributed by atoms with E-state index in [1.807, 2.05) is 24.3 Å². The van der Waals surface area contributed by atoms with Gasteiger partial charge in [-0.1, -0.05) is 45.9 Å². The third-order valence-electron chi connectivity index (χ3n) is 2.72. The summed E-state index contributed by atoms with van der Waals surface area (Å²) >= 11 is 6.62. The minimum Gasteiger partial charge on any atom is -0.297 e. The molecule has 0 unspecified atom stereocenters. The molecule has 0 aliphatic carbocycles. The molecule has 1 heterocycles. The van der Waals surface area contributed by atoms with Crippen molar-refractivity contribution in [3.8, 4) is 0 Å². The van der Waals surface area contributed by atoms with Gasteiger partial charge in [0, 0.05) is 24.3 Å². The molecule has 19 heavy (non-hydrogen) atoms. The second-order valence-electron chi connectivity index (χ2n) is 3.97. The third-order valence-corrected chi connectivity index (χ3v) is 5.62. The normalized spacial score (nSPS) is 10.8. The van der Waals surface area contributed by atoms with Crippen molar-refractivity contribution in [2.75, 3.05) is 0 Å². The fourth-order valence-corrected chi connectivity index (χ4v) is 4.28. The van der Waals surface area contributed by atoms with E-state index in [0.29, 0.717) is 0 Å². The number of hydrogen-bond donors (Lipinski definition) is 0. The van der Waals surface area contributed by atoms with Gasteiger partial charge in [-0.3, -0.25) is 4.79 Å². The largest absolute Gasteiger partial charge is 0.297 e. The minimum atomic E-state index is 0.800. The lowest BCUT2D eigenvalue weighted by atomic mass is 10.2. The predicted octanol–water partition coefficient (Wildman–Crippen LogP) is 5.63. The van der Waals surface area contributed by atoms with Gasteiger partial charge >= 0.3 is 0 Å². The molecule has 0 saturated carbocycles. The zero-order valence-electron chi connectivity index (χ0n) is 9.80. The number of fused-ring (bicyclic) bond motifs is 1. The molecule has 0 amide bonds. The van der Waals surface area contributed by atoms with Gasteiger partial charge in [-0.15, -0.1) is 11.3 Å². The number of rotatable bonds is 3. The second kappa shape index (κ2) is 5.49. The molecule has 1 nitrogen and oxygen atoms in total. The first-order chi connectivity index (χ1) is 9.28. The van der Waals surface area contributed by atoms with Gasteiger partial charge in [0.15, 0.2) is 6.29 Å². The SMILES string of the molecule is O=Cc1sc2ccccc2c1Sc1ccc(Br)cc1. The molecule has 94 valence electrons. The van der Waals surface area contributed by atoms with Crippen LogP contribution in [0.1, 0.15) is 9.67 Å². The number of aldehydes is 1. The Hall–Kier alpha value is -1.10. The smallest absolute Gasteiger partial charge is 0.161 e. The van der Waals surface area contributed by atoms with Crippen LogP contribution in [0.15, 0.2) is 62.8 Å². The maximum atomic E-state index is 11.2. The maximum Gasteiger partial charge on any atom is 0.161 e. The van der Waals surface area contributed by atoms with E-state index in [2.05, 4.69) is 40.2 Å². The molecule has 2 aromatic carbocycles. The fourth-order valence-electron chi connectivity index (χ4n) is 1.84. The van der Waals surface area contributed by atoms with Gasteiger partial charge in [-0.25, -0.2) is 0 Å². The molecule has 0 N–H and O–H groups in total. The van der Waals surface area contributed by atoms with Gasteiger partial charge < -0.3 is 0 Å². The monoisotopic (exact) mass is 348 g/mol. The van der Waals surface area contributed by atoms with E-state index < -0.39 is 0 Å². The number of carbonyl (C=O) groups is 1. The van der Waals surface area contributed by atoms with Crippen molar-refractivity contribution in [1.82, 2.24) is 0 Å². The summed E-state index contributed by atoms with van der Waals surface area (Å²) in [5.74, 6) is 0. The summed E-state index contributed by atoms with van der Waals surface area (Å²) in [6.07, 6.45) is 0.950. The summed E-state index contributed by atoms with van der Waals surface area (Å²) < 4.78 is 2.21.